The second kappa shape index (κ2) is 4.93. The van der Waals surface area contributed by atoms with E-state index < -0.39 is 17.5 Å². The number of nitro groups is 1. The zero-order valence-electron chi connectivity index (χ0n) is 8.27. The van der Waals surface area contributed by atoms with Crippen molar-refractivity contribution >= 4 is 27.6 Å². The molecule has 0 spiro atoms. The third kappa shape index (κ3) is 2.93. The molecule has 1 aromatic carbocycles. The Hall–Kier alpha value is -1.63. The van der Waals surface area contributed by atoms with Gasteiger partial charge in [0.05, 0.1) is 4.92 Å². The number of halogens is 1. The molecule has 1 N–H and O–H groups in total. The van der Waals surface area contributed by atoms with Crippen LogP contribution in [0, 0.1) is 17.0 Å². The van der Waals surface area contributed by atoms with E-state index in [1.165, 1.54) is 6.07 Å². The number of rotatable bonds is 4. The number of aryl methyl sites for hydroxylation is 1. The van der Waals surface area contributed by atoms with Crippen molar-refractivity contribution in [2.75, 3.05) is 6.61 Å². The molecule has 7 heteroatoms. The predicted octanol–water partition coefficient (Wildman–Crippen LogP) is 2.13. The highest BCUT2D eigenvalue weighted by Gasteiger charge is 2.19. The molecule has 0 amide bonds. The molecule has 0 unspecified atom stereocenters. The molecule has 0 atom stereocenters. The molecule has 1 rings (SSSR count). The van der Waals surface area contributed by atoms with Crippen molar-refractivity contribution in [1.29, 1.82) is 0 Å². The van der Waals surface area contributed by atoms with Gasteiger partial charge in [0, 0.05) is 10.5 Å². The lowest BCUT2D eigenvalue weighted by Crippen LogP contribution is -2.11. The summed E-state index contributed by atoms with van der Waals surface area (Å²) in [6.07, 6.45) is 0. The van der Waals surface area contributed by atoms with E-state index >= 15 is 0 Å². The van der Waals surface area contributed by atoms with Crippen LogP contribution in [0.4, 0.5) is 5.69 Å². The number of hydrogen-bond acceptors (Lipinski definition) is 4. The molecule has 0 saturated heterocycles. The van der Waals surface area contributed by atoms with E-state index in [2.05, 4.69) is 15.9 Å². The Morgan fingerprint density at radius 1 is 1.62 bits per heavy atom. The van der Waals surface area contributed by atoms with E-state index in [9.17, 15) is 14.9 Å². The van der Waals surface area contributed by atoms with Gasteiger partial charge >= 0.3 is 11.7 Å². The summed E-state index contributed by atoms with van der Waals surface area (Å²) in [5.74, 6) is -1.20. The highest BCUT2D eigenvalue weighted by molar-refractivity contribution is 9.10. The van der Waals surface area contributed by atoms with Gasteiger partial charge in [-0.2, -0.15) is 0 Å². The van der Waals surface area contributed by atoms with E-state index in [0.717, 1.165) is 0 Å². The summed E-state index contributed by atoms with van der Waals surface area (Å²) < 4.78 is 5.42. The van der Waals surface area contributed by atoms with Crippen molar-refractivity contribution < 1.29 is 19.6 Å². The van der Waals surface area contributed by atoms with E-state index in [0.29, 0.717) is 10.0 Å². The third-order valence-corrected chi connectivity index (χ3v) is 2.21. The van der Waals surface area contributed by atoms with E-state index in [4.69, 9.17) is 9.84 Å². The molecule has 0 aromatic heterocycles. The van der Waals surface area contributed by atoms with Gasteiger partial charge in [0.15, 0.2) is 6.61 Å². The minimum Gasteiger partial charge on any atom is -0.479 e. The Balaban J connectivity index is 3.14. The molecular weight excluding hydrogens is 282 g/mol. The van der Waals surface area contributed by atoms with E-state index in [1.807, 2.05) is 0 Å². The van der Waals surface area contributed by atoms with E-state index in [1.54, 1.807) is 13.0 Å². The minimum absolute atomic E-state index is 0.0180. The number of carbonyl (C=O) groups is 1. The summed E-state index contributed by atoms with van der Waals surface area (Å²) in [5.41, 5.74) is 0.246. The van der Waals surface area contributed by atoms with Crippen LogP contribution in [0.3, 0.4) is 0 Å². The third-order valence-electron chi connectivity index (χ3n) is 1.76. The largest absolute Gasteiger partial charge is 0.479 e. The fourth-order valence-corrected chi connectivity index (χ4v) is 1.73. The second-order valence-electron chi connectivity index (χ2n) is 3.01. The zero-order valence-corrected chi connectivity index (χ0v) is 9.85. The van der Waals surface area contributed by atoms with Crippen LogP contribution < -0.4 is 4.74 Å². The highest BCUT2D eigenvalue weighted by Crippen LogP contribution is 2.33. The number of aliphatic carboxylic acids is 1. The summed E-state index contributed by atoms with van der Waals surface area (Å²) >= 11 is 3.12. The van der Waals surface area contributed by atoms with Crippen molar-refractivity contribution in [3.05, 3.63) is 32.3 Å². The number of carboxylic acids is 1. The molecule has 0 fully saturated rings. The van der Waals surface area contributed by atoms with Crippen LogP contribution in [0.15, 0.2) is 16.6 Å². The van der Waals surface area contributed by atoms with Gasteiger partial charge in [-0.3, -0.25) is 10.1 Å². The van der Waals surface area contributed by atoms with Crippen LogP contribution in [0.25, 0.3) is 0 Å². The molecule has 6 nitrogen and oxygen atoms in total. The van der Waals surface area contributed by atoms with Gasteiger partial charge in [-0.25, -0.2) is 4.79 Å². The molecule has 16 heavy (non-hydrogen) atoms. The summed E-state index contributed by atoms with van der Waals surface area (Å²) in [6.45, 7) is 0.998. The number of carboxylic acid groups (broad SMARTS) is 1. The Bertz CT molecular complexity index is 446. The molecule has 86 valence electrons. The Morgan fingerprint density at radius 2 is 2.25 bits per heavy atom. The summed E-state index contributed by atoms with van der Waals surface area (Å²) in [4.78, 5) is 20.4. The van der Waals surface area contributed by atoms with Gasteiger partial charge in [0.25, 0.3) is 0 Å². The number of hydrogen-bond donors (Lipinski definition) is 1. The van der Waals surface area contributed by atoms with Gasteiger partial charge < -0.3 is 9.84 Å². The molecule has 0 aliphatic heterocycles. The van der Waals surface area contributed by atoms with Crippen molar-refractivity contribution in [1.82, 2.24) is 0 Å². The first-order valence-corrected chi connectivity index (χ1v) is 5.00. The monoisotopic (exact) mass is 289 g/mol. The topological polar surface area (TPSA) is 89.7 Å². The van der Waals surface area contributed by atoms with Crippen molar-refractivity contribution in [3.8, 4) is 5.75 Å². The van der Waals surface area contributed by atoms with Crippen LogP contribution in [-0.2, 0) is 4.79 Å². The lowest BCUT2D eigenvalue weighted by Gasteiger charge is -2.07. The number of nitrogens with zero attached hydrogens (tertiary/aromatic N) is 1. The summed E-state index contributed by atoms with van der Waals surface area (Å²) in [5, 5.41) is 19.2. The van der Waals surface area contributed by atoms with Gasteiger partial charge in [-0.15, -0.1) is 0 Å². The van der Waals surface area contributed by atoms with Crippen LogP contribution in [0.1, 0.15) is 5.56 Å². The average molecular weight is 290 g/mol. The van der Waals surface area contributed by atoms with Crippen LogP contribution in [0.2, 0.25) is 0 Å². The molecule has 0 aliphatic rings. The zero-order chi connectivity index (χ0) is 12.3. The number of benzene rings is 1. The van der Waals surface area contributed by atoms with E-state index in [-0.39, 0.29) is 11.4 Å². The quantitative estimate of drug-likeness (QED) is 0.677. The smallest absolute Gasteiger partial charge is 0.341 e. The lowest BCUT2D eigenvalue weighted by molar-refractivity contribution is -0.385. The Morgan fingerprint density at radius 3 is 2.75 bits per heavy atom. The summed E-state index contributed by atoms with van der Waals surface area (Å²) in [7, 11) is 0. The maximum absolute atomic E-state index is 10.7. The van der Waals surface area contributed by atoms with Gasteiger partial charge in [-0.05, 0) is 18.6 Å². The first-order valence-electron chi connectivity index (χ1n) is 4.21. The summed E-state index contributed by atoms with van der Waals surface area (Å²) in [6, 6.07) is 2.88. The Labute approximate surface area is 99.1 Å². The molecule has 1 aromatic rings. The van der Waals surface area contributed by atoms with Gasteiger partial charge in [0.2, 0.25) is 5.75 Å². The van der Waals surface area contributed by atoms with Crippen LogP contribution in [0.5, 0.6) is 5.75 Å². The van der Waals surface area contributed by atoms with Crippen molar-refractivity contribution in [2.24, 2.45) is 0 Å². The minimum atomic E-state index is -1.18. The first-order chi connectivity index (χ1) is 7.41. The van der Waals surface area contributed by atoms with Crippen LogP contribution in [-0.4, -0.2) is 22.6 Å². The maximum atomic E-state index is 10.7. The second-order valence-corrected chi connectivity index (χ2v) is 3.93. The highest BCUT2D eigenvalue weighted by atomic mass is 79.9. The molecule has 0 saturated carbocycles. The Kier molecular flexibility index (Phi) is 3.83. The maximum Gasteiger partial charge on any atom is 0.341 e. The fraction of sp³-hybridized carbons (Fsp3) is 0.222. The fourth-order valence-electron chi connectivity index (χ4n) is 1.17. The molecule has 0 aliphatic carbocycles. The number of nitro benzene ring substituents is 1. The normalized spacial score (nSPS) is 9.88. The van der Waals surface area contributed by atoms with Crippen molar-refractivity contribution in [3.63, 3.8) is 0 Å². The standard InChI is InChI=1S/C9H8BrNO5/c1-5-2-6(10)3-7(11(14)15)9(5)16-4-8(12)13/h2-3H,4H2,1H3,(H,12,13). The number of ether oxygens (including phenoxy) is 1. The molecule has 0 heterocycles. The van der Waals surface area contributed by atoms with Crippen molar-refractivity contribution in [2.45, 2.75) is 6.92 Å². The predicted molar refractivity (Wildman–Crippen MR) is 58.7 cm³/mol. The molecule has 0 radical (unpaired) electrons. The average Bonchev–Trinajstić information content (AvgIpc) is 2.14. The SMILES string of the molecule is Cc1cc(Br)cc([N+](=O)[O-])c1OCC(=O)O. The van der Waals surface area contributed by atoms with Crippen LogP contribution >= 0.6 is 15.9 Å². The molecular formula is C9H8BrNO5. The first kappa shape index (κ1) is 12.4. The lowest BCUT2D eigenvalue weighted by atomic mass is 10.2. The van der Waals surface area contributed by atoms with Gasteiger partial charge in [0.1, 0.15) is 0 Å². The van der Waals surface area contributed by atoms with Gasteiger partial charge in [-0.1, -0.05) is 15.9 Å². The molecule has 0 bridgehead atoms.